The highest BCUT2D eigenvalue weighted by molar-refractivity contribution is 5.77. The van der Waals surface area contributed by atoms with E-state index in [-0.39, 0.29) is 24.9 Å². The highest BCUT2D eigenvalue weighted by atomic mass is 16.5. The number of nitrogens with one attached hydrogen (secondary N) is 1. The van der Waals surface area contributed by atoms with E-state index in [0.717, 1.165) is 83.5 Å². The van der Waals surface area contributed by atoms with E-state index in [9.17, 15) is 19.8 Å². The normalized spacial score (nSPS) is 13.7. The number of allylic oxidation sites excluding steroid dienone is 10. The Morgan fingerprint density at radius 1 is 0.484 bits per heavy atom. The number of carbonyl (C=O) groups is 2. The molecule has 0 spiro atoms. The van der Waals surface area contributed by atoms with Crippen LogP contribution in [0.15, 0.2) is 60.8 Å². The van der Waals surface area contributed by atoms with Crippen molar-refractivity contribution in [3.05, 3.63) is 60.8 Å². The largest absolute Gasteiger partial charge is 0.462 e. The minimum absolute atomic E-state index is 0.0360. The van der Waals surface area contributed by atoms with Gasteiger partial charge in [0.1, 0.15) is 6.10 Å². The van der Waals surface area contributed by atoms with Crippen LogP contribution in [0.3, 0.4) is 0 Å². The number of carbonyl (C=O) groups excluding carboxylic acids is 2. The second-order valence-electron chi connectivity index (χ2n) is 17.9. The van der Waals surface area contributed by atoms with E-state index in [1.165, 1.54) is 128 Å². The summed E-state index contributed by atoms with van der Waals surface area (Å²) in [6.45, 7) is 6.34. The summed E-state index contributed by atoms with van der Waals surface area (Å²) in [7, 11) is 0. The fourth-order valence-electron chi connectivity index (χ4n) is 7.83. The maximum Gasteiger partial charge on any atom is 0.306 e. The number of rotatable bonds is 47. The Kier molecular flexibility index (Phi) is 47.6. The Balaban J connectivity index is 4.59. The molecule has 3 N–H and O–H groups in total. The van der Waals surface area contributed by atoms with Crippen molar-refractivity contribution in [2.45, 2.75) is 277 Å². The fraction of sp³-hybridized carbons (Fsp3) is 0.786. The molecule has 0 saturated heterocycles. The van der Waals surface area contributed by atoms with Gasteiger partial charge in [-0.25, -0.2) is 0 Å². The van der Waals surface area contributed by atoms with Crippen LogP contribution >= 0.6 is 0 Å². The van der Waals surface area contributed by atoms with E-state index in [4.69, 9.17) is 4.74 Å². The molecular formula is C56H101NO5. The number of hydrogen-bond donors (Lipinski definition) is 3. The van der Waals surface area contributed by atoms with Crippen molar-refractivity contribution in [3.8, 4) is 0 Å². The first-order valence-corrected chi connectivity index (χ1v) is 26.5. The van der Waals surface area contributed by atoms with Crippen molar-refractivity contribution in [1.82, 2.24) is 5.32 Å². The third-order valence-corrected chi connectivity index (χ3v) is 11.8. The number of unbranched alkanes of at least 4 members (excludes halogenated alkanes) is 25. The molecule has 360 valence electrons. The predicted molar refractivity (Wildman–Crippen MR) is 268 cm³/mol. The molecular weight excluding hydrogens is 767 g/mol. The summed E-state index contributed by atoms with van der Waals surface area (Å²) >= 11 is 0. The molecule has 0 aliphatic heterocycles. The Hall–Kier alpha value is -2.44. The van der Waals surface area contributed by atoms with E-state index < -0.39 is 18.2 Å². The smallest absolute Gasteiger partial charge is 0.306 e. The van der Waals surface area contributed by atoms with Crippen molar-refractivity contribution in [2.75, 3.05) is 6.61 Å². The van der Waals surface area contributed by atoms with Crippen molar-refractivity contribution in [1.29, 1.82) is 0 Å². The molecule has 0 aromatic rings. The van der Waals surface area contributed by atoms with E-state index >= 15 is 0 Å². The molecule has 62 heavy (non-hydrogen) atoms. The molecule has 6 heteroatoms. The summed E-state index contributed by atoms with van der Waals surface area (Å²) in [5.74, 6) is -0.537. The summed E-state index contributed by atoms with van der Waals surface area (Å²) in [4.78, 5) is 26.1. The first-order valence-electron chi connectivity index (χ1n) is 26.5. The zero-order valence-corrected chi connectivity index (χ0v) is 41.0. The molecule has 3 atom stereocenters. The SMILES string of the molecule is CC/C=C/C/C=C/C/C=C/C/C=C/CCCC(CC(=O)NC(CO)C(O)CCCCCCCCCCCCCCCCCCC)OC(=O)CCCCCCC/C=C\CCCCC. The molecule has 0 aliphatic carbocycles. The van der Waals surface area contributed by atoms with Gasteiger partial charge in [0, 0.05) is 6.42 Å². The lowest BCUT2D eigenvalue weighted by Gasteiger charge is -2.24. The van der Waals surface area contributed by atoms with E-state index in [1.54, 1.807) is 0 Å². The van der Waals surface area contributed by atoms with Crippen LogP contribution in [0.5, 0.6) is 0 Å². The van der Waals surface area contributed by atoms with Gasteiger partial charge in [0.05, 0.1) is 25.2 Å². The standard InChI is InChI=1S/C56H101NO5/c1-4-7-10-13-16-19-22-25-27-28-29-31-33-36-39-42-45-48-54(59)53(51-58)57-55(60)50-52(47-44-41-38-35-32-30-26-23-20-17-14-11-8-5-2)62-56(61)49-46-43-40-37-34-24-21-18-15-12-9-6-3/h8,11,17-18,20-21,26,30,35,38,52-54,58-59H,4-7,9-10,12-16,19,22-25,27-29,31-34,36-37,39-51H2,1-3H3,(H,57,60)/b11-8+,20-17+,21-18-,30-26+,38-35+. The number of amides is 1. The van der Waals surface area contributed by atoms with E-state index in [2.05, 4.69) is 86.8 Å². The van der Waals surface area contributed by atoms with Gasteiger partial charge in [-0.1, -0.05) is 223 Å². The van der Waals surface area contributed by atoms with Crippen molar-refractivity contribution in [2.24, 2.45) is 0 Å². The van der Waals surface area contributed by atoms with Gasteiger partial charge in [-0.3, -0.25) is 9.59 Å². The number of esters is 1. The third-order valence-electron chi connectivity index (χ3n) is 11.8. The molecule has 1 amide bonds. The molecule has 0 radical (unpaired) electrons. The monoisotopic (exact) mass is 868 g/mol. The molecule has 6 nitrogen and oxygen atoms in total. The number of ether oxygens (including phenoxy) is 1. The van der Waals surface area contributed by atoms with Gasteiger partial charge < -0.3 is 20.3 Å². The van der Waals surface area contributed by atoms with Gasteiger partial charge in [0.15, 0.2) is 0 Å². The molecule has 0 bridgehead atoms. The fourth-order valence-corrected chi connectivity index (χ4v) is 7.83. The summed E-state index contributed by atoms with van der Waals surface area (Å²) in [6, 6.07) is -0.721. The predicted octanol–water partition coefficient (Wildman–Crippen LogP) is 16.0. The number of aliphatic hydroxyl groups is 2. The summed E-state index contributed by atoms with van der Waals surface area (Å²) < 4.78 is 5.90. The van der Waals surface area contributed by atoms with E-state index in [0.29, 0.717) is 19.3 Å². The average molecular weight is 868 g/mol. The lowest BCUT2D eigenvalue weighted by molar-refractivity contribution is -0.151. The van der Waals surface area contributed by atoms with Gasteiger partial charge in [0.2, 0.25) is 5.91 Å². The lowest BCUT2D eigenvalue weighted by atomic mass is 10.0. The summed E-state index contributed by atoms with van der Waals surface area (Å²) in [5, 5.41) is 23.8. The first kappa shape index (κ1) is 59.6. The van der Waals surface area contributed by atoms with Gasteiger partial charge in [-0.05, 0) is 83.5 Å². The number of hydrogen-bond acceptors (Lipinski definition) is 5. The van der Waals surface area contributed by atoms with Crippen LogP contribution in [0.25, 0.3) is 0 Å². The molecule has 0 saturated carbocycles. The maximum absolute atomic E-state index is 13.2. The van der Waals surface area contributed by atoms with Gasteiger partial charge >= 0.3 is 5.97 Å². The Bertz CT molecular complexity index is 1110. The summed E-state index contributed by atoms with van der Waals surface area (Å²) in [6.07, 6.45) is 61.4. The topological polar surface area (TPSA) is 95.9 Å². The molecule has 0 aliphatic rings. The quantitative estimate of drug-likeness (QED) is 0.0322. The Morgan fingerprint density at radius 2 is 0.887 bits per heavy atom. The molecule has 3 unspecified atom stereocenters. The second kappa shape index (κ2) is 49.6. The number of aliphatic hydroxyl groups excluding tert-OH is 2. The lowest BCUT2D eigenvalue weighted by Crippen LogP contribution is -2.46. The maximum atomic E-state index is 13.2. The summed E-state index contributed by atoms with van der Waals surface area (Å²) in [5.41, 5.74) is 0. The van der Waals surface area contributed by atoms with Crippen LogP contribution in [0.2, 0.25) is 0 Å². The van der Waals surface area contributed by atoms with Gasteiger partial charge in [0.25, 0.3) is 0 Å². The van der Waals surface area contributed by atoms with Crippen molar-refractivity contribution >= 4 is 11.9 Å². The Morgan fingerprint density at radius 3 is 1.40 bits per heavy atom. The molecule has 0 rings (SSSR count). The first-order chi connectivity index (χ1) is 30.5. The third kappa shape index (κ3) is 44.2. The molecule has 0 aromatic heterocycles. The van der Waals surface area contributed by atoms with Gasteiger partial charge in [-0.15, -0.1) is 0 Å². The average Bonchev–Trinajstić information content (AvgIpc) is 3.26. The van der Waals surface area contributed by atoms with Crippen molar-refractivity contribution < 1.29 is 24.5 Å². The minimum atomic E-state index is -0.804. The van der Waals surface area contributed by atoms with E-state index in [1.807, 2.05) is 0 Å². The van der Waals surface area contributed by atoms with Gasteiger partial charge in [-0.2, -0.15) is 0 Å². The Labute approximate surface area is 384 Å². The van der Waals surface area contributed by atoms with Crippen LogP contribution in [0.4, 0.5) is 0 Å². The molecule has 0 heterocycles. The zero-order chi connectivity index (χ0) is 45.2. The highest BCUT2D eigenvalue weighted by Gasteiger charge is 2.24. The minimum Gasteiger partial charge on any atom is -0.462 e. The van der Waals surface area contributed by atoms with Crippen LogP contribution in [0.1, 0.15) is 258 Å². The van der Waals surface area contributed by atoms with Crippen molar-refractivity contribution in [3.63, 3.8) is 0 Å². The van der Waals surface area contributed by atoms with Crippen LogP contribution in [0, 0.1) is 0 Å². The molecule has 0 fully saturated rings. The molecule has 0 aromatic carbocycles. The van der Waals surface area contributed by atoms with Crippen LogP contribution < -0.4 is 5.32 Å². The highest BCUT2D eigenvalue weighted by Crippen LogP contribution is 2.17. The zero-order valence-electron chi connectivity index (χ0n) is 41.0. The van der Waals surface area contributed by atoms with Crippen LogP contribution in [-0.4, -0.2) is 46.9 Å². The van der Waals surface area contributed by atoms with Crippen LogP contribution in [-0.2, 0) is 14.3 Å². The second-order valence-corrected chi connectivity index (χ2v) is 17.9.